The van der Waals surface area contributed by atoms with Crippen LogP contribution in [-0.4, -0.2) is 18.1 Å². The van der Waals surface area contributed by atoms with Gasteiger partial charge in [-0.25, -0.2) is 0 Å². The van der Waals surface area contributed by atoms with Crippen molar-refractivity contribution < 1.29 is 0 Å². The summed E-state index contributed by atoms with van der Waals surface area (Å²) in [6, 6.07) is 0.615. The van der Waals surface area contributed by atoms with Crippen LogP contribution >= 0.6 is 0 Å². The summed E-state index contributed by atoms with van der Waals surface area (Å²) in [6.45, 7) is 14.5. The maximum atomic E-state index is 6.11. The van der Waals surface area contributed by atoms with Crippen LogP contribution in [0.1, 0.15) is 48.0 Å². The van der Waals surface area contributed by atoms with Gasteiger partial charge in [-0.15, -0.1) is 0 Å². The zero-order chi connectivity index (χ0) is 11.2. The first-order valence-corrected chi connectivity index (χ1v) is 5.67. The second-order valence-corrected chi connectivity index (χ2v) is 6.26. The summed E-state index contributed by atoms with van der Waals surface area (Å²) in [7, 11) is 0. The van der Waals surface area contributed by atoms with Crippen molar-refractivity contribution in [3.8, 4) is 0 Å². The molecule has 0 aliphatic heterocycles. The van der Waals surface area contributed by atoms with Crippen LogP contribution in [0.3, 0.4) is 0 Å². The lowest BCUT2D eigenvalue weighted by molar-refractivity contribution is 0.397. The van der Waals surface area contributed by atoms with Gasteiger partial charge in [0.15, 0.2) is 0 Å². The molecule has 0 aromatic rings. The first-order valence-electron chi connectivity index (χ1n) is 5.67. The number of rotatable bonds is 4. The molecule has 1 fully saturated rings. The summed E-state index contributed by atoms with van der Waals surface area (Å²) in [6.07, 6.45) is 1.02. The molecule has 2 nitrogen and oxygen atoms in total. The molecule has 1 aliphatic carbocycles. The molecule has 0 amide bonds. The van der Waals surface area contributed by atoms with E-state index < -0.39 is 0 Å². The predicted octanol–water partition coefficient (Wildman–Crippen LogP) is 2.14. The maximum absolute atomic E-state index is 6.11. The van der Waals surface area contributed by atoms with E-state index in [-0.39, 0.29) is 5.54 Å². The smallest absolute Gasteiger partial charge is 0.0249 e. The van der Waals surface area contributed by atoms with Crippen molar-refractivity contribution in [1.82, 2.24) is 5.32 Å². The SMILES string of the molecule is CCC(C)(N)CNC1C(C)(C)C1(C)C. The van der Waals surface area contributed by atoms with Crippen molar-refractivity contribution in [2.45, 2.75) is 59.5 Å². The summed E-state index contributed by atoms with van der Waals surface area (Å²) in [5.74, 6) is 0. The standard InChI is InChI=1S/C12H26N2/c1-7-12(6,13)8-14-9-10(2,3)11(9,4)5/h9,14H,7-8,13H2,1-6H3. The Labute approximate surface area is 88.6 Å². The van der Waals surface area contributed by atoms with Crippen molar-refractivity contribution in [1.29, 1.82) is 0 Å². The Morgan fingerprint density at radius 1 is 1.21 bits per heavy atom. The van der Waals surface area contributed by atoms with Gasteiger partial charge in [0.2, 0.25) is 0 Å². The van der Waals surface area contributed by atoms with E-state index in [1.165, 1.54) is 0 Å². The molecule has 0 aromatic carbocycles. The van der Waals surface area contributed by atoms with E-state index in [1.54, 1.807) is 0 Å². The lowest BCUT2D eigenvalue weighted by atomic mass is 10.0. The molecule has 84 valence electrons. The van der Waals surface area contributed by atoms with Crippen LogP contribution < -0.4 is 11.1 Å². The van der Waals surface area contributed by atoms with Gasteiger partial charge in [0, 0.05) is 18.1 Å². The van der Waals surface area contributed by atoms with Crippen LogP contribution in [0.15, 0.2) is 0 Å². The second-order valence-electron chi connectivity index (χ2n) is 6.26. The highest BCUT2D eigenvalue weighted by Crippen LogP contribution is 2.62. The Hall–Kier alpha value is -0.0800. The van der Waals surface area contributed by atoms with Gasteiger partial charge < -0.3 is 11.1 Å². The minimum absolute atomic E-state index is 0.0608. The number of nitrogens with two attached hydrogens (primary N) is 1. The minimum Gasteiger partial charge on any atom is -0.324 e. The fourth-order valence-corrected chi connectivity index (χ4v) is 2.17. The Bertz CT molecular complexity index is 202. The summed E-state index contributed by atoms with van der Waals surface area (Å²) in [4.78, 5) is 0. The normalized spacial score (nSPS) is 28.5. The summed E-state index contributed by atoms with van der Waals surface area (Å²) >= 11 is 0. The third-order valence-corrected chi connectivity index (χ3v) is 4.54. The summed E-state index contributed by atoms with van der Waals surface area (Å²) in [5, 5.41) is 3.60. The predicted molar refractivity (Wildman–Crippen MR) is 62.2 cm³/mol. The molecule has 1 rings (SSSR count). The number of hydrogen-bond acceptors (Lipinski definition) is 2. The van der Waals surface area contributed by atoms with Gasteiger partial charge >= 0.3 is 0 Å². The highest BCUT2D eigenvalue weighted by Gasteiger charge is 2.64. The Morgan fingerprint density at radius 3 is 1.93 bits per heavy atom. The highest BCUT2D eigenvalue weighted by molar-refractivity contribution is 5.18. The van der Waals surface area contributed by atoms with Gasteiger partial charge in [-0.1, -0.05) is 34.6 Å². The van der Waals surface area contributed by atoms with Gasteiger partial charge in [0.05, 0.1) is 0 Å². The van der Waals surface area contributed by atoms with Crippen molar-refractivity contribution in [3.05, 3.63) is 0 Å². The average molecular weight is 198 g/mol. The largest absolute Gasteiger partial charge is 0.324 e. The van der Waals surface area contributed by atoms with Gasteiger partial charge in [0.1, 0.15) is 0 Å². The fourth-order valence-electron chi connectivity index (χ4n) is 2.17. The van der Waals surface area contributed by atoms with Crippen LogP contribution in [0.4, 0.5) is 0 Å². The van der Waals surface area contributed by atoms with Crippen molar-refractivity contribution >= 4 is 0 Å². The molecule has 3 N–H and O–H groups in total. The van der Waals surface area contributed by atoms with E-state index in [9.17, 15) is 0 Å². The average Bonchev–Trinajstić information content (AvgIpc) is 2.41. The maximum Gasteiger partial charge on any atom is 0.0249 e. The van der Waals surface area contributed by atoms with Crippen LogP contribution in [-0.2, 0) is 0 Å². The molecule has 0 saturated heterocycles. The third-order valence-electron chi connectivity index (χ3n) is 4.54. The Balaban J connectivity index is 2.43. The topological polar surface area (TPSA) is 38.0 Å². The third kappa shape index (κ3) is 1.82. The molecule has 0 aromatic heterocycles. The van der Waals surface area contributed by atoms with Crippen molar-refractivity contribution in [2.75, 3.05) is 6.54 Å². The number of nitrogens with one attached hydrogen (secondary N) is 1. The molecule has 1 aliphatic rings. The van der Waals surface area contributed by atoms with E-state index in [2.05, 4.69) is 46.9 Å². The molecular formula is C12H26N2. The molecule has 1 unspecified atom stereocenters. The van der Waals surface area contributed by atoms with E-state index >= 15 is 0 Å². The molecule has 0 spiro atoms. The van der Waals surface area contributed by atoms with E-state index in [4.69, 9.17) is 5.73 Å². The molecular weight excluding hydrogens is 172 g/mol. The zero-order valence-electron chi connectivity index (χ0n) is 10.6. The molecule has 0 radical (unpaired) electrons. The Morgan fingerprint density at radius 2 is 1.64 bits per heavy atom. The Kier molecular flexibility index (Phi) is 2.75. The summed E-state index contributed by atoms with van der Waals surface area (Å²) in [5.41, 5.74) is 6.87. The van der Waals surface area contributed by atoms with E-state index in [0.717, 1.165) is 13.0 Å². The second kappa shape index (κ2) is 3.21. The van der Waals surface area contributed by atoms with Crippen molar-refractivity contribution in [2.24, 2.45) is 16.6 Å². The molecule has 1 saturated carbocycles. The van der Waals surface area contributed by atoms with Crippen LogP contribution in [0.25, 0.3) is 0 Å². The minimum atomic E-state index is -0.0608. The molecule has 2 heteroatoms. The van der Waals surface area contributed by atoms with Gasteiger partial charge in [0.25, 0.3) is 0 Å². The lowest BCUT2D eigenvalue weighted by Gasteiger charge is -2.23. The number of hydrogen-bond donors (Lipinski definition) is 2. The molecule has 0 bridgehead atoms. The van der Waals surface area contributed by atoms with Crippen LogP contribution in [0.5, 0.6) is 0 Å². The van der Waals surface area contributed by atoms with E-state index in [1.807, 2.05) is 0 Å². The van der Waals surface area contributed by atoms with Crippen molar-refractivity contribution in [3.63, 3.8) is 0 Å². The van der Waals surface area contributed by atoms with E-state index in [0.29, 0.717) is 16.9 Å². The monoisotopic (exact) mass is 198 g/mol. The summed E-state index contributed by atoms with van der Waals surface area (Å²) < 4.78 is 0. The fraction of sp³-hybridized carbons (Fsp3) is 1.00. The van der Waals surface area contributed by atoms with Crippen LogP contribution in [0.2, 0.25) is 0 Å². The first-order chi connectivity index (χ1) is 6.15. The quantitative estimate of drug-likeness (QED) is 0.726. The zero-order valence-corrected chi connectivity index (χ0v) is 10.6. The van der Waals surface area contributed by atoms with Gasteiger partial charge in [-0.2, -0.15) is 0 Å². The van der Waals surface area contributed by atoms with Gasteiger partial charge in [-0.05, 0) is 24.2 Å². The lowest BCUT2D eigenvalue weighted by Crippen LogP contribution is -2.47. The molecule has 14 heavy (non-hydrogen) atoms. The van der Waals surface area contributed by atoms with Gasteiger partial charge in [-0.3, -0.25) is 0 Å². The van der Waals surface area contributed by atoms with Crippen LogP contribution in [0, 0.1) is 10.8 Å². The first kappa shape index (κ1) is 12.0. The molecule has 1 atom stereocenters. The highest BCUT2D eigenvalue weighted by atomic mass is 15.1. The molecule has 0 heterocycles.